The summed E-state index contributed by atoms with van der Waals surface area (Å²) in [5, 5.41) is 2.70. The molecule has 0 heterocycles. The van der Waals surface area contributed by atoms with Gasteiger partial charge in [0, 0.05) is 19.0 Å². The summed E-state index contributed by atoms with van der Waals surface area (Å²) in [5.41, 5.74) is 10.3. The monoisotopic (exact) mass is 227 g/mol. The molecule has 0 aromatic rings. The van der Waals surface area contributed by atoms with Crippen molar-refractivity contribution < 1.29 is 9.59 Å². The van der Waals surface area contributed by atoms with Crippen molar-refractivity contribution in [1.82, 2.24) is 5.32 Å². The first kappa shape index (κ1) is 13.0. The molecule has 1 fully saturated rings. The summed E-state index contributed by atoms with van der Waals surface area (Å²) >= 11 is 0. The molecule has 16 heavy (non-hydrogen) atoms. The van der Waals surface area contributed by atoms with Crippen molar-refractivity contribution in [1.29, 1.82) is 0 Å². The Morgan fingerprint density at radius 1 is 1.44 bits per heavy atom. The minimum Gasteiger partial charge on any atom is -0.369 e. The Labute approximate surface area is 95.9 Å². The average Bonchev–Trinajstić information content (AvgIpc) is 2.97. The molecule has 92 valence electrons. The van der Waals surface area contributed by atoms with Gasteiger partial charge in [-0.2, -0.15) is 0 Å². The molecule has 0 aromatic carbocycles. The van der Waals surface area contributed by atoms with E-state index in [1.165, 1.54) is 0 Å². The van der Waals surface area contributed by atoms with Crippen molar-refractivity contribution in [2.45, 2.75) is 39.2 Å². The highest BCUT2D eigenvalue weighted by Gasteiger charge is 2.30. The molecule has 1 aliphatic rings. The molecule has 0 aliphatic heterocycles. The molecule has 1 unspecified atom stereocenters. The van der Waals surface area contributed by atoms with Crippen molar-refractivity contribution in [3.8, 4) is 0 Å². The van der Waals surface area contributed by atoms with E-state index in [-0.39, 0.29) is 18.5 Å². The maximum atomic E-state index is 11.5. The Bertz CT molecular complexity index is 285. The van der Waals surface area contributed by atoms with Crippen molar-refractivity contribution in [3.05, 3.63) is 0 Å². The van der Waals surface area contributed by atoms with Crippen LogP contribution in [0.15, 0.2) is 0 Å². The maximum Gasteiger partial charge on any atom is 0.224 e. The normalized spacial score (nSPS) is 17.9. The van der Waals surface area contributed by atoms with E-state index in [9.17, 15) is 9.59 Å². The fourth-order valence-electron chi connectivity index (χ4n) is 1.38. The van der Waals surface area contributed by atoms with Crippen LogP contribution in [0.25, 0.3) is 0 Å². The predicted octanol–water partition coefficient (Wildman–Crippen LogP) is -0.258. The van der Waals surface area contributed by atoms with Crippen LogP contribution in [-0.2, 0) is 9.59 Å². The summed E-state index contributed by atoms with van der Waals surface area (Å²) in [4.78, 5) is 22.5. The van der Waals surface area contributed by atoms with E-state index < -0.39 is 11.3 Å². The SMILES string of the molecule is CC(C)(CNC(=O)CC(N)C1CC1)C(N)=O. The largest absolute Gasteiger partial charge is 0.369 e. The number of carbonyl (C=O) groups is 2. The fourth-order valence-corrected chi connectivity index (χ4v) is 1.38. The summed E-state index contributed by atoms with van der Waals surface area (Å²) in [6.45, 7) is 3.67. The van der Waals surface area contributed by atoms with Gasteiger partial charge in [-0.25, -0.2) is 0 Å². The third kappa shape index (κ3) is 3.81. The number of rotatable bonds is 6. The zero-order valence-electron chi connectivity index (χ0n) is 9.95. The van der Waals surface area contributed by atoms with Gasteiger partial charge in [0.1, 0.15) is 0 Å². The van der Waals surface area contributed by atoms with E-state index >= 15 is 0 Å². The van der Waals surface area contributed by atoms with Crippen LogP contribution in [0.5, 0.6) is 0 Å². The second-order valence-electron chi connectivity index (χ2n) is 5.23. The van der Waals surface area contributed by atoms with E-state index in [2.05, 4.69) is 5.32 Å². The highest BCUT2D eigenvalue weighted by atomic mass is 16.2. The lowest BCUT2D eigenvalue weighted by molar-refractivity contribution is -0.127. The van der Waals surface area contributed by atoms with Crippen LogP contribution >= 0.6 is 0 Å². The summed E-state index contributed by atoms with van der Waals surface area (Å²) in [5.74, 6) is -0.0112. The topological polar surface area (TPSA) is 98.2 Å². The van der Waals surface area contributed by atoms with E-state index in [1.807, 2.05) is 0 Å². The Hall–Kier alpha value is -1.10. The number of hydrogen-bond acceptors (Lipinski definition) is 3. The van der Waals surface area contributed by atoms with Crippen LogP contribution in [0.4, 0.5) is 0 Å². The van der Waals surface area contributed by atoms with Gasteiger partial charge in [-0.05, 0) is 32.6 Å². The molecule has 0 bridgehead atoms. The molecule has 1 saturated carbocycles. The van der Waals surface area contributed by atoms with Crippen molar-refractivity contribution >= 4 is 11.8 Å². The number of nitrogens with two attached hydrogens (primary N) is 2. The molecule has 5 N–H and O–H groups in total. The summed E-state index contributed by atoms with van der Waals surface area (Å²) in [6.07, 6.45) is 2.59. The second kappa shape index (κ2) is 4.82. The minimum atomic E-state index is -0.709. The van der Waals surface area contributed by atoms with E-state index in [0.717, 1.165) is 12.8 Å². The highest BCUT2D eigenvalue weighted by molar-refractivity contribution is 5.82. The van der Waals surface area contributed by atoms with Gasteiger partial charge in [-0.15, -0.1) is 0 Å². The van der Waals surface area contributed by atoms with E-state index in [4.69, 9.17) is 11.5 Å². The van der Waals surface area contributed by atoms with Crippen molar-refractivity contribution in [3.63, 3.8) is 0 Å². The van der Waals surface area contributed by atoms with Gasteiger partial charge >= 0.3 is 0 Å². The molecule has 5 heteroatoms. The molecular formula is C11H21N3O2. The maximum absolute atomic E-state index is 11.5. The lowest BCUT2D eigenvalue weighted by Gasteiger charge is -2.21. The molecule has 2 amide bonds. The van der Waals surface area contributed by atoms with Gasteiger partial charge < -0.3 is 16.8 Å². The molecule has 1 aliphatic carbocycles. The van der Waals surface area contributed by atoms with Crippen molar-refractivity contribution in [2.75, 3.05) is 6.54 Å². The lowest BCUT2D eigenvalue weighted by atomic mass is 9.92. The smallest absolute Gasteiger partial charge is 0.224 e. The molecule has 1 rings (SSSR count). The van der Waals surface area contributed by atoms with Gasteiger partial charge in [0.2, 0.25) is 11.8 Å². The molecule has 1 atom stereocenters. The van der Waals surface area contributed by atoms with Gasteiger partial charge in [0.25, 0.3) is 0 Å². The Morgan fingerprint density at radius 3 is 2.44 bits per heavy atom. The first-order valence-electron chi connectivity index (χ1n) is 5.65. The number of primary amides is 1. The van der Waals surface area contributed by atoms with Gasteiger partial charge in [-0.3, -0.25) is 9.59 Å². The number of amides is 2. The number of hydrogen-bond donors (Lipinski definition) is 3. The fraction of sp³-hybridized carbons (Fsp3) is 0.818. The summed E-state index contributed by atoms with van der Waals surface area (Å²) in [6, 6.07) is -0.0447. The zero-order chi connectivity index (χ0) is 12.3. The lowest BCUT2D eigenvalue weighted by Crippen LogP contribution is -2.43. The molecule has 0 radical (unpaired) electrons. The quantitative estimate of drug-likeness (QED) is 0.583. The van der Waals surface area contributed by atoms with Crippen LogP contribution in [0, 0.1) is 11.3 Å². The predicted molar refractivity (Wildman–Crippen MR) is 61.3 cm³/mol. The van der Waals surface area contributed by atoms with Gasteiger partial charge in [0.05, 0.1) is 5.41 Å². The first-order chi connectivity index (χ1) is 7.33. The number of nitrogens with one attached hydrogen (secondary N) is 1. The molecule has 5 nitrogen and oxygen atoms in total. The van der Waals surface area contributed by atoms with Gasteiger partial charge in [-0.1, -0.05) is 0 Å². The van der Waals surface area contributed by atoms with Crippen LogP contribution in [0.1, 0.15) is 33.1 Å². The summed E-state index contributed by atoms with van der Waals surface area (Å²) < 4.78 is 0. The molecule has 0 aromatic heterocycles. The van der Waals surface area contributed by atoms with Gasteiger partial charge in [0.15, 0.2) is 0 Å². The molecule has 0 spiro atoms. The van der Waals surface area contributed by atoms with Crippen LogP contribution in [0.3, 0.4) is 0 Å². The highest BCUT2D eigenvalue weighted by Crippen LogP contribution is 2.32. The summed E-state index contributed by atoms with van der Waals surface area (Å²) in [7, 11) is 0. The van der Waals surface area contributed by atoms with E-state index in [0.29, 0.717) is 12.3 Å². The second-order valence-corrected chi connectivity index (χ2v) is 5.23. The molecule has 0 saturated heterocycles. The van der Waals surface area contributed by atoms with Crippen LogP contribution < -0.4 is 16.8 Å². The van der Waals surface area contributed by atoms with Crippen molar-refractivity contribution in [2.24, 2.45) is 22.8 Å². The zero-order valence-corrected chi connectivity index (χ0v) is 9.95. The van der Waals surface area contributed by atoms with E-state index in [1.54, 1.807) is 13.8 Å². The minimum absolute atomic E-state index is 0.0447. The standard InChI is InChI=1S/C11H21N3O2/c1-11(2,10(13)16)6-14-9(15)5-8(12)7-3-4-7/h7-8H,3-6,12H2,1-2H3,(H2,13,16)(H,14,15). The molecular weight excluding hydrogens is 206 g/mol. The third-order valence-electron chi connectivity index (χ3n) is 3.04. The Balaban J connectivity index is 2.26. The first-order valence-corrected chi connectivity index (χ1v) is 5.65. The average molecular weight is 227 g/mol. The Kier molecular flexibility index (Phi) is 3.91. The van der Waals surface area contributed by atoms with Crippen LogP contribution in [-0.4, -0.2) is 24.4 Å². The van der Waals surface area contributed by atoms with Crippen LogP contribution in [0.2, 0.25) is 0 Å². The number of carbonyl (C=O) groups excluding carboxylic acids is 2. The Morgan fingerprint density at radius 2 is 2.00 bits per heavy atom. The third-order valence-corrected chi connectivity index (χ3v) is 3.04.